The fourth-order valence-electron chi connectivity index (χ4n) is 1.41. The van der Waals surface area contributed by atoms with Gasteiger partial charge in [-0.15, -0.1) is 11.8 Å². The van der Waals surface area contributed by atoms with E-state index in [0.29, 0.717) is 5.25 Å². The van der Waals surface area contributed by atoms with Gasteiger partial charge in [-0.25, -0.2) is 0 Å². The lowest BCUT2D eigenvalue weighted by atomic mass is 10.2. The van der Waals surface area contributed by atoms with Crippen molar-refractivity contribution in [1.82, 2.24) is 0 Å². The summed E-state index contributed by atoms with van der Waals surface area (Å²) >= 11 is 1.89. The second-order valence-corrected chi connectivity index (χ2v) is 5.03. The van der Waals surface area contributed by atoms with E-state index in [4.69, 9.17) is 5.11 Å². The molecule has 0 aromatic heterocycles. The maximum atomic E-state index is 8.99. The molecule has 1 nitrogen and oxygen atoms in total. The summed E-state index contributed by atoms with van der Waals surface area (Å²) in [4.78, 5) is 1.26. The topological polar surface area (TPSA) is 20.2 Å². The molecular formula is C12H18OS. The van der Waals surface area contributed by atoms with Gasteiger partial charge in [0.2, 0.25) is 0 Å². The summed E-state index contributed by atoms with van der Waals surface area (Å²) in [5.74, 6) is 0. The third-order valence-electron chi connectivity index (χ3n) is 2.11. The van der Waals surface area contributed by atoms with Crippen LogP contribution >= 0.6 is 11.8 Å². The van der Waals surface area contributed by atoms with Gasteiger partial charge in [-0.1, -0.05) is 32.4 Å². The Bertz CT molecular complexity index is 273. The van der Waals surface area contributed by atoms with Crippen LogP contribution in [0.4, 0.5) is 0 Å². The molecule has 0 aliphatic rings. The zero-order chi connectivity index (χ0) is 10.4. The van der Waals surface area contributed by atoms with Crippen molar-refractivity contribution >= 4 is 11.8 Å². The van der Waals surface area contributed by atoms with Gasteiger partial charge < -0.3 is 5.11 Å². The van der Waals surface area contributed by atoms with Gasteiger partial charge in [0.1, 0.15) is 0 Å². The van der Waals surface area contributed by atoms with Crippen LogP contribution in [-0.2, 0) is 6.61 Å². The Balaban J connectivity index is 2.57. The first-order chi connectivity index (χ1) is 6.76. The first-order valence-corrected chi connectivity index (χ1v) is 6.00. The van der Waals surface area contributed by atoms with Crippen molar-refractivity contribution in [3.63, 3.8) is 0 Å². The van der Waals surface area contributed by atoms with Crippen LogP contribution in [0.5, 0.6) is 0 Å². The lowest BCUT2D eigenvalue weighted by Gasteiger charge is -2.10. The van der Waals surface area contributed by atoms with Crippen LogP contribution in [0.15, 0.2) is 29.2 Å². The maximum Gasteiger partial charge on any atom is 0.0682 e. The van der Waals surface area contributed by atoms with Gasteiger partial charge >= 0.3 is 0 Å². The van der Waals surface area contributed by atoms with Gasteiger partial charge in [0.05, 0.1) is 6.61 Å². The number of hydrogen-bond donors (Lipinski definition) is 1. The van der Waals surface area contributed by atoms with Crippen LogP contribution in [0.3, 0.4) is 0 Å². The molecule has 1 aromatic rings. The monoisotopic (exact) mass is 210 g/mol. The molecule has 0 spiro atoms. The summed E-state index contributed by atoms with van der Waals surface area (Å²) < 4.78 is 0. The molecule has 1 N–H and O–H groups in total. The van der Waals surface area contributed by atoms with Gasteiger partial charge in [-0.2, -0.15) is 0 Å². The van der Waals surface area contributed by atoms with Gasteiger partial charge in [-0.3, -0.25) is 0 Å². The van der Waals surface area contributed by atoms with E-state index in [2.05, 4.69) is 26.0 Å². The largest absolute Gasteiger partial charge is 0.392 e. The zero-order valence-corrected chi connectivity index (χ0v) is 9.68. The van der Waals surface area contributed by atoms with Crippen molar-refractivity contribution in [3.8, 4) is 0 Å². The highest BCUT2D eigenvalue weighted by atomic mass is 32.2. The summed E-state index contributed by atoms with van der Waals surface area (Å²) in [6.45, 7) is 4.59. The van der Waals surface area contributed by atoms with Crippen LogP contribution < -0.4 is 0 Å². The molecule has 0 bridgehead atoms. The lowest BCUT2D eigenvalue weighted by molar-refractivity contribution is 0.281. The molecule has 0 saturated heterocycles. The Morgan fingerprint density at radius 2 is 2.21 bits per heavy atom. The first kappa shape index (κ1) is 11.6. The molecular weight excluding hydrogens is 192 g/mol. The fraction of sp³-hybridized carbons (Fsp3) is 0.500. The van der Waals surface area contributed by atoms with Crippen molar-refractivity contribution in [1.29, 1.82) is 0 Å². The van der Waals surface area contributed by atoms with E-state index >= 15 is 0 Å². The van der Waals surface area contributed by atoms with E-state index in [1.54, 1.807) is 0 Å². The Kier molecular flexibility index (Phi) is 5.05. The highest BCUT2D eigenvalue weighted by molar-refractivity contribution is 7.99. The Hall–Kier alpha value is -0.470. The molecule has 0 amide bonds. The van der Waals surface area contributed by atoms with E-state index in [1.807, 2.05) is 23.9 Å². The molecule has 0 aliphatic carbocycles. The molecule has 1 rings (SSSR count). The summed E-state index contributed by atoms with van der Waals surface area (Å²) in [7, 11) is 0. The third kappa shape index (κ3) is 3.72. The number of aliphatic hydroxyl groups is 1. The van der Waals surface area contributed by atoms with E-state index in [-0.39, 0.29) is 6.61 Å². The van der Waals surface area contributed by atoms with Crippen LogP contribution in [0.25, 0.3) is 0 Å². The molecule has 78 valence electrons. The quantitative estimate of drug-likeness (QED) is 0.751. The Morgan fingerprint density at radius 3 is 2.86 bits per heavy atom. The lowest BCUT2D eigenvalue weighted by Crippen LogP contribution is -1.94. The molecule has 1 unspecified atom stereocenters. The minimum atomic E-state index is 0.135. The van der Waals surface area contributed by atoms with Crippen LogP contribution in [0.2, 0.25) is 0 Å². The van der Waals surface area contributed by atoms with Crippen LogP contribution in [0.1, 0.15) is 32.3 Å². The molecule has 1 atom stereocenters. The van der Waals surface area contributed by atoms with E-state index in [0.717, 1.165) is 5.56 Å². The van der Waals surface area contributed by atoms with E-state index in [9.17, 15) is 0 Å². The van der Waals surface area contributed by atoms with Crippen molar-refractivity contribution in [2.45, 2.75) is 43.4 Å². The molecule has 1 aromatic carbocycles. The number of thioether (sulfide) groups is 1. The number of hydrogen-bond acceptors (Lipinski definition) is 2. The van der Waals surface area contributed by atoms with Crippen molar-refractivity contribution in [2.24, 2.45) is 0 Å². The predicted octanol–water partition coefficient (Wildman–Crippen LogP) is 3.46. The van der Waals surface area contributed by atoms with Gasteiger partial charge in [-0.05, 0) is 24.1 Å². The Morgan fingerprint density at radius 1 is 1.43 bits per heavy atom. The number of benzene rings is 1. The smallest absolute Gasteiger partial charge is 0.0682 e. The van der Waals surface area contributed by atoms with Crippen LogP contribution in [0, 0.1) is 0 Å². The highest BCUT2D eigenvalue weighted by Gasteiger charge is 2.03. The van der Waals surface area contributed by atoms with Crippen molar-refractivity contribution in [3.05, 3.63) is 29.8 Å². The fourth-order valence-corrected chi connectivity index (χ4v) is 2.61. The molecule has 0 heterocycles. The average molecular weight is 210 g/mol. The second kappa shape index (κ2) is 6.10. The zero-order valence-electron chi connectivity index (χ0n) is 8.86. The molecule has 2 heteroatoms. The van der Waals surface area contributed by atoms with E-state index < -0.39 is 0 Å². The maximum absolute atomic E-state index is 8.99. The van der Waals surface area contributed by atoms with Crippen molar-refractivity contribution < 1.29 is 5.11 Å². The standard InChI is InChI=1S/C12H18OS/c1-3-5-10(2)14-12-7-4-6-11(8-12)9-13/h4,6-8,10,13H,3,5,9H2,1-2H3. The normalized spacial score (nSPS) is 12.8. The summed E-state index contributed by atoms with van der Waals surface area (Å²) in [6, 6.07) is 8.13. The van der Waals surface area contributed by atoms with Crippen LogP contribution in [-0.4, -0.2) is 10.4 Å². The minimum Gasteiger partial charge on any atom is -0.392 e. The summed E-state index contributed by atoms with van der Waals surface area (Å²) in [5.41, 5.74) is 0.999. The molecule has 14 heavy (non-hydrogen) atoms. The number of rotatable bonds is 5. The molecule has 0 fully saturated rings. The molecule has 0 radical (unpaired) electrons. The van der Waals surface area contributed by atoms with Gasteiger partial charge in [0, 0.05) is 10.1 Å². The number of aliphatic hydroxyl groups excluding tert-OH is 1. The highest BCUT2D eigenvalue weighted by Crippen LogP contribution is 2.26. The summed E-state index contributed by atoms with van der Waals surface area (Å²) in [6.07, 6.45) is 2.47. The average Bonchev–Trinajstić information content (AvgIpc) is 2.18. The predicted molar refractivity (Wildman–Crippen MR) is 62.6 cm³/mol. The summed E-state index contributed by atoms with van der Waals surface area (Å²) in [5, 5.41) is 9.65. The SMILES string of the molecule is CCCC(C)Sc1cccc(CO)c1. The Labute approximate surface area is 90.5 Å². The molecule has 0 aliphatic heterocycles. The van der Waals surface area contributed by atoms with Gasteiger partial charge in [0.15, 0.2) is 0 Å². The third-order valence-corrected chi connectivity index (χ3v) is 3.28. The second-order valence-electron chi connectivity index (χ2n) is 3.52. The van der Waals surface area contributed by atoms with Gasteiger partial charge in [0.25, 0.3) is 0 Å². The minimum absolute atomic E-state index is 0.135. The van der Waals surface area contributed by atoms with E-state index in [1.165, 1.54) is 17.7 Å². The van der Waals surface area contributed by atoms with Crippen molar-refractivity contribution in [2.75, 3.05) is 0 Å². The first-order valence-electron chi connectivity index (χ1n) is 5.12. The molecule has 0 saturated carbocycles.